The molecule has 4 heterocycles. The van der Waals surface area contributed by atoms with E-state index in [0.29, 0.717) is 0 Å². The van der Waals surface area contributed by atoms with Crippen LogP contribution in [0, 0.1) is 12.3 Å². The van der Waals surface area contributed by atoms with Crippen molar-refractivity contribution >= 4 is 44.2 Å². The van der Waals surface area contributed by atoms with Crippen molar-refractivity contribution in [3.8, 4) is 12.3 Å². The molecule has 2 N–H and O–H groups in total. The van der Waals surface area contributed by atoms with Crippen molar-refractivity contribution in [2.75, 3.05) is 12.3 Å². The molecule has 0 radical (unpaired) electrons. The quantitative estimate of drug-likeness (QED) is 0.193. The van der Waals surface area contributed by atoms with Gasteiger partial charge in [0.05, 0.1) is 6.61 Å². The van der Waals surface area contributed by atoms with Crippen molar-refractivity contribution < 1.29 is 43.5 Å². The molecule has 12 nitrogen and oxygen atoms in total. The molecule has 0 saturated carbocycles. The number of imidazole rings is 1. The van der Waals surface area contributed by atoms with Gasteiger partial charge in [-0.3, -0.25) is 8.75 Å². The van der Waals surface area contributed by atoms with Crippen molar-refractivity contribution in [1.82, 2.24) is 19.5 Å². The predicted octanol–water partition coefficient (Wildman–Crippen LogP) is 4.48. The number of aromatic nitrogens is 4. The number of rotatable bonds is 7. The fourth-order valence-corrected chi connectivity index (χ4v) is 17.7. The monoisotopic (exact) mass is 665 g/mol. The highest BCUT2D eigenvalue weighted by Gasteiger charge is 2.64. The molecule has 18 heteroatoms. The Morgan fingerprint density at radius 3 is 2.16 bits per heavy atom. The van der Waals surface area contributed by atoms with Crippen LogP contribution in [0.1, 0.15) is 67.4 Å². The number of halogens is 3. The molecular formula is C25H38F3N5O7SSi2. The fourth-order valence-electron chi connectivity index (χ4n) is 5.90. The van der Waals surface area contributed by atoms with Gasteiger partial charge in [0.1, 0.15) is 18.5 Å². The van der Waals surface area contributed by atoms with Crippen LogP contribution in [0.4, 0.5) is 19.0 Å². The van der Waals surface area contributed by atoms with Crippen LogP contribution in [0.2, 0.25) is 22.2 Å². The van der Waals surface area contributed by atoms with E-state index in [0.717, 1.165) is 6.33 Å². The summed E-state index contributed by atoms with van der Waals surface area (Å²) in [6, 6.07) is 0. The van der Waals surface area contributed by atoms with Crippen molar-refractivity contribution in [3.63, 3.8) is 0 Å². The van der Waals surface area contributed by atoms with E-state index in [9.17, 15) is 21.6 Å². The lowest BCUT2D eigenvalue weighted by Crippen LogP contribution is -2.66. The van der Waals surface area contributed by atoms with Crippen LogP contribution in [0.25, 0.3) is 11.2 Å². The summed E-state index contributed by atoms with van der Waals surface area (Å²) in [6.45, 7) is 15.5. The summed E-state index contributed by atoms with van der Waals surface area (Å²) in [5, 5.41) is 0. The Balaban J connectivity index is 1.97. The number of hydrogen-bond donors (Lipinski definition) is 1. The molecule has 4 atom stereocenters. The van der Waals surface area contributed by atoms with E-state index in [1.807, 2.05) is 55.4 Å². The molecule has 2 aliphatic rings. The molecule has 0 bridgehead atoms. The summed E-state index contributed by atoms with van der Waals surface area (Å²) in [4.78, 5) is 12.3. The highest BCUT2D eigenvalue weighted by atomic mass is 32.2. The third-order valence-electron chi connectivity index (χ3n) is 8.03. The van der Waals surface area contributed by atoms with Crippen LogP contribution in [0.3, 0.4) is 0 Å². The maximum absolute atomic E-state index is 13.7. The molecule has 0 spiro atoms. The second-order valence-electron chi connectivity index (χ2n) is 12.0. The summed E-state index contributed by atoms with van der Waals surface area (Å²) < 4.78 is 99.3. The maximum atomic E-state index is 13.7. The number of hydrogen-bond acceptors (Lipinski definition) is 11. The molecule has 2 aliphatic heterocycles. The van der Waals surface area contributed by atoms with Gasteiger partial charge in [-0.25, -0.2) is 15.0 Å². The highest BCUT2D eigenvalue weighted by molar-refractivity contribution is 7.87. The van der Waals surface area contributed by atoms with Crippen LogP contribution in [0.5, 0.6) is 0 Å². The number of nitrogen functional groups attached to an aromatic ring is 1. The first-order valence-electron chi connectivity index (χ1n) is 13.9. The van der Waals surface area contributed by atoms with Gasteiger partial charge in [-0.1, -0.05) is 55.4 Å². The number of nitrogens with zero attached hydrogens (tertiary/aromatic N) is 4. The Labute approximate surface area is 251 Å². The number of alkyl halides is 3. The second kappa shape index (κ2) is 11.7. The SMILES string of the molecule is C#Cc1nc2c(N)ncnc2n1[C@@H]1O[C@@H]2CO[Si](C(C)C)(C(C)C)O[Si](C(C)C)(C(C)C)O[C@H]2[C@H]1OS(=O)(=O)C(F)(F)F. The minimum atomic E-state index is -6.15. The normalized spacial score (nSPS) is 26.2. The van der Waals surface area contributed by atoms with Gasteiger partial charge in [-0.05, 0) is 28.1 Å². The smallest absolute Gasteiger partial charge is 0.414 e. The van der Waals surface area contributed by atoms with E-state index in [-0.39, 0.29) is 51.6 Å². The topological polar surface area (TPSA) is 150 Å². The van der Waals surface area contributed by atoms with Crippen molar-refractivity contribution in [1.29, 1.82) is 0 Å². The first-order valence-corrected chi connectivity index (χ1v) is 19.3. The minimum Gasteiger partial charge on any atom is -0.414 e. The van der Waals surface area contributed by atoms with Gasteiger partial charge in [-0.2, -0.15) is 21.6 Å². The van der Waals surface area contributed by atoms with E-state index in [1.54, 1.807) is 0 Å². The van der Waals surface area contributed by atoms with Gasteiger partial charge >= 0.3 is 32.7 Å². The second-order valence-corrected chi connectivity index (χ2v) is 22.4. The lowest BCUT2D eigenvalue weighted by molar-refractivity contribution is -0.0695. The highest BCUT2D eigenvalue weighted by Crippen LogP contribution is 2.49. The largest absolute Gasteiger partial charge is 0.523 e. The van der Waals surface area contributed by atoms with Gasteiger partial charge < -0.3 is 23.4 Å². The van der Waals surface area contributed by atoms with Gasteiger partial charge in [0, 0.05) is 0 Å². The lowest BCUT2D eigenvalue weighted by atomic mass is 10.1. The molecule has 0 unspecified atom stereocenters. The van der Waals surface area contributed by atoms with Crippen LogP contribution >= 0.6 is 0 Å². The molecule has 240 valence electrons. The number of terminal acetylenes is 1. The number of fused-ring (bicyclic) bond motifs is 2. The average molecular weight is 666 g/mol. The van der Waals surface area contributed by atoms with Crippen molar-refractivity contribution in [2.45, 2.75) is 108 Å². The number of ether oxygens (including phenoxy) is 1. The molecule has 4 rings (SSSR count). The zero-order valence-electron chi connectivity index (χ0n) is 25.2. The Bertz CT molecular complexity index is 1480. The summed E-state index contributed by atoms with van der Waals surface area (Å²) in [5.74, 6) is 2.16. The number of anilines is 1. The van der Waals surface area contributed by atoms with Gasteiger partial charge in [0.15, 0.2) is 35.1 Å². The molecule has 2 saturated heterocycles. The van der Waals surface area contributed by atoms with Gasteiger partial charge in [-0.15, -0.1) is 6.42 Å². The molecular weight excluding hydrogens is 628 g/mol. The predicted molar refractivity (Wildman–Crippen MR) is 155 cm³/mol. The van der Waals surface area contributed by atoms with Gasteiger partial charge in [0.25, 0.3) is 0 Å². The zero-order chi connectivity index (χ0) is 32.3. The molecule has 2 aromatic heterocycles. The Hall–Kier alpha value is -2.12. The molecule has 2 aromatic rings. The first-order chi connectivity index (χ1) is 19.8. The molecule has 0 amide bonds. The molecule has 0 aromatic carbocycles. The van der Waals surface area contributed by atoms with Crippen LogP contribution in [0.15, 0.2) is 6.33 Å². The summed E-state index contributed by atoms with van der Waals surface area (Å²) >= 11 is 0. The first kappa shape index (κ1) is 33.8. The Morgan fingerprint density at radius 1 is 1.07 bits per heavy atom. The minimum absolute atomic E-state index is 0.0132. The van der Waals surface area contributed by atoms with E-state index < -0.39 is 57.3 Å². The molecule has 0 aliphatic carbocycles. The van der Waals surface area contributed by atoms with Crippen LogP contribution < -0.4 is 5.73 Å². The van der Waals surface area contributed by atoms with Crippen LogP contribution in [-0.2, 0) is 32.0 Å². The van der Waals surface area contributed by atoms with Crippen molar-refractivity contribution in [2.24, 2.45) is 0 Å². The third-order valence-corrected chi connectivity index (χ3v) is 19.3. The third kappa shape index (κ3) is 5.62. The van der Waals surface area contributed by atoms with Crippen LogP contribution in [-0.4, -0.2) is 75.5 Å². The molecule has 43 heavy (non-hydrogen) atoms. The Morgan fingerprint density at radius 2 is 1.65 bits per heavy atom. The maximum Gasteiger partial charge on any atom is 0.523 e. The van der Waals surface area contributed by atoms with E-state index in [2.05, 4.69) is 20.9 Å². The lowest BCUT2D eigenvalue weighted by Gasteiger charge is -2.51. The zero-order valence-corrected chi connectivity index (χ0v) is 28.1. The summed E-state index contributed by atoms with van der Waals surface area (Å²) in [7, 11) is -12.7. The van der Waals surface area contributed by atoms with Gasteiger partial charge in [0.2, 0.25) is 0 Å². The van der Waals surface area contributed by atoms with E-state index in [4.69, 9.17) is 34.0 Å². The van der Waals surface area contributed by atoms with E-state index in [1.165, 1.54) is 4.57 Å². The van der Waals surface area contributed by atoms with Crippen molar-refractivity contribution in [3.05, 3.63) is 12.2 Å². The molecule has 2 fully saturated rings. The number of nitrogens with two attached hydrogens (primary N) is 1. The van der Waals surface area contributed by atoms with E-state index >= 15 is 0 Å². The average Bonchev–Trinajstić information content (AvgIpc) is 3.40. The summed E-state index contributed by atoms with van der Waals surface area (Å²) in [5.41, 5.74) is -0.197. The fraction of sp³-hybridized carbons (Fsp3) is 0.720. The summed E-state index contributed by atoms with van der Waals surface area (Å²) in [6.07, 6.45) is 0.920. The standard InChI is InChI=1S/C25H38F3N5O7SSi2/c1-10-18-32-19-22(29)30-12-31-23(19)33(18)24-21(38-41(34,35)25(26,27)28)20-17(37-24)11-36-42(13(2)3,14(4)5)40-43(39-20,15(6)7)16(8)9/h1,12-17,20-21,24H,11H2,2-9H3,(H2,29,30,31)/t17-,20-,21-,24-/m1/s1. The Kier molecular flexibility index (Phi) is 9.17.